The van der Waals surface area contributed by atoms with Crippen LogP contribution in [0, 0.1) is 0 Å². The van der Waals surface area contributed by atoms with Crippen LogP contribution in [0.25, 0.3) is 0 Å². The Balaban J connectivity index is 2.49. The Morgan fingerprint density at radius 1 is 1.42 bits per heavy atom. The second-order valence-corrected chi connectivity index (χ2v) is 4.65. The largest absolute Gasteiger partial charge is 0.491 e. The van der Waals surface area contributed by atoms with Crippen LogP contribution in [0.1, 0.15) is 20.3 Å². The van der Waals surface area contributed by atoms with E-state index < -0.39 is 0 Å². The van der Waals surface area contributed by atoms with Gasteiger partial charge in [0.15, 0.2) is 5.11 Å². The molecule has 4 nitrogen and oxygen atoms in total. The number of thiocarbonyl (C=S) groups is 1. The van der Waals surface area contributed by atoms with Crippen LogP contribution in [0.5, 0.6) is 5.75 Å². The third kappa shape index (κ3) is 6.40. The minimum absolute atomic E-state index is 0.210. The van der Waals surface area contributed by atoms with Crippen molar-refractivity contribution in [2.45, 2.75) is 26.4 Å². The molecule has 1 aromatic rings. The Hall–Kier alpha value is -1.33. The molecule has 0 aliphatic carbocycles. The van der Waals surface area contributed by atoms with Crippen LogP contribution in [0.3, 0.4) is 0 Å². The van der Waals surface area contributed by atoms with Gasteiger partial charge in [-0.15, -0.1) is 0 Å². The summed E-state index contributed by atoms with van der Waals surface area (Å²) in [7, 11) is 1.66. The van der Waals surface area contributed by atoms with Crippen molar-refractivity contribution in [3.63, 3.8) is 0 Å². The first-order valence-electron chi connectivity index (χ1n) is 6.46. The number of hydrogen-bond acceptors (Lipinski definition) is 3. The van der Waals surface area contributed by atoms with E-state index in [1.807, 2.05) is 24.3 Å². The summed E-state index contributed by atoms with van der Waals surface area (Å²) in [6.07, 6.45) is 1.19. The van der Waals surface area contributed by atoms with Crippen molar-refractivity contribution in [1.29, 1.82) is 0 Å². The average Bonchev–Trinajstić information content (AvgIpc) is 2.39. The molecule has 0 heterocycles. The predicted molar refractivity (Wildman–Crippen MR) is 82.9 cm³/mol. The maximum atomic E-state index is 5.76. The minimum Gasteiger partial charge on any atom is -0.491 e. The molecular weight excluding hydrogens is 260 g/mol. The molecule has 0 bridgehead atoms. The molecule has 0 saturated carbocycles. The van der Waals surface area contributed by atoms with Crippen molar-refractivity contribution in [3.05, 3.63) is 24.3 Å². The lowest BCUT2D eigenvalue weighted by molar-refractivity contribution is 0.204. The molecule has 0 spiro atoms. The first kappa shape index (κ1) is 15.7. The maximum absolute atomic E-state index is 5.76. The van der Waals surface area contributed by atoms with Crippen LogP contribution < -0.4 is 15.4 Å². The zero-order chi connectivity index (χ0) is 14.1. The van der Waals surface area contributed by atoms with Gasteiger partial charge in [-0.05, 0) is 37.7 Å². The standard InChI is InChI=1S/C14H22N2O2S/c1-4-11(2)18-13-7-5-6-12(10-13)16-14(19)15-8-9-17-3/h5-7,10-11H,4,8-9H2,1-3H3,(H2,15,16,19). The number of anilines is 1. The van der Waals surface area contributed by atoms with E-state index in [2.05, 4.69) is 24.5 Å². The lowest BCUT2D eigenvalue weighted by Gasteiger charge is -2.14. The van der Waals surface area contributed by atoms with Gasteiger partial charge in [0.2, 0.25) is 0 Å². The molecule has 0 fully saturated rings. The fraction of sp³-hybridized carbons (Fsp3) is 0.500. The second-order valence-electron chi connectivity index (χ2n) is 4.24. The molecule has 2 N–H and O–H groups in total. The summed E-state index contributed by atoms with van der Waals surface area (Å²) in [6, 6.07) is 7.78. The van der Waals surface area contributed by atoms with Crippen molar-refractivity contribution in [1.82, 2.24) is 5.32 Å². The Morgan fingerprint density at radius 2 is 2.21 bits per heavy atom. The van der Waals surface area contributed by atoms with Gasteiger partial charge in [-0.2, -0.15) is 0 Å². The van der Waals surface area contributed by atoms with E-state index in [4.69, 9.17) is 21.7 Å². The van der Waals surface area contributed by atoms with Crippen LogP contribution in [0.4, 0.5) is 5.69 Å². The van der Waals surface area contributed by atoms with Gasteiger partial charge in [0.1, 0.15) is 5.75 Å². The summed E-state index contributed by atoms with van der Waals surface area (Å²) in [5.41, 5.74) is 0.913. The van der Waals surface area contributed by atoms with Crippen molar-refractivity contribution < 1.29 is 9.47 Å². The van der Waals surface area contributed by atoms with Gasteiger partial charge in [0.05, 0.1) is 12.7 Å². The van der Waals surface area contributed by atoms with E-state index in [0.717, 1.165) is 17.9 Å². The molecule has 0 radical (unpaired) electrons. The van der Waals surface area contributed by atoms with E-state index >= 15 is 0 Å². The first-order chi connectivity index (χ1) is 9.15. The van der Waals surface area contributed by atoms with Crippen LogP contribution in [-0.4, -0.2) is 31.5 Å². The molecule has 19 heavy (non-hydrogen) atoms. The highest BCUT2D eigenvalue weighted by Gasteiger charge is 2.03. The number of nitrogens with one attached hydrogen (secondary N) is 2. The van der Waals surface area contributed by atoms with Gasteiger partial charge >= 0.3 is 0 Å². The molecular formula is C14H22N2O2S. The SMILES string of the molecule is CCC(C)Oc1cccc(NC(=S)NCCOC)c1. The lowest BCUT2D eigenvalue weighted by atomic mass is 10.3. The highest BCUT2D eigenvalue weighted by Crippen LogP contribution is 2.19. The maximum Gasteiger partial charge on any atom is 0.170 e. The van der Waals surface area contributed by atoms with Crippen LogP contribution in [-0.2, 0) is 4.74 Å². The Morgan fingerprint density at radius 3 is 2.89 bits per heavy atom. The van der Waals surface area contributed by atoms with Gasteiger partial charge in [-0.25, -0.2) is 0 Å². The minimum atomic E-state index is 0.210. The molecule has 0 aromatic heterocycles. The Kier molecular flexibility index (Phi) is 7.22. The number of methoxy groups -OCH3 is 1. The summed E-state index contributed by atoms with van der Waals surface area (Å²) < 4.78 is 10.7. The monoisotopic (exact) mass is 282 g/mol. The van der Waals surface area contributed by atoms with Crippen LogP contribution in [0.15, 0.2) is 24.3 Å². The molecule has 0 saturated heterocycles. The van der Waals surface area contributed by atoms with E-state index in [1.165, 1.54) is 0 Å². The first-order valence-corrected chi connectivity index (χ1v) is 6.87. The van der Waals surface area contributed by atoms with Gasteiger partial charge in [-0.1, -0.05) is 13.0 Å². The van der Waals surface area contributed by atoms with Crippen molar-refractivity contribution in [3.8, 4) is 5.75 Å². The van der Waals surface area contributed by atoms with E-state index in [1.54, 1.807) is 7.11 Å². The Labute approximate surface area is 120 Å². The summed E-state index contributed by atoms with van der Waals surface area (Å²) in [5, 5.41) is 6.76. The highest BCUT2D eigenvalue weighted by atomic mass is 32.1. The van der Waals surface area contributed by atoms with Gasteiger partial charge in [-0.3, -0.25) is 0 Å². The average molecular weight is 282 g/mol. The third-order valence-corrected chi connectivity index (χ3v) is 2.84. The molecule has 1 unspecified atom stereocenters. The molecule has 1 aromatic carbocycles. The van der Waals surface area contributed by atoms with Crippen molar-refractivity contribution >= 4 is 23.0 Å². The van der Waals surface area contributed by atoms with Crippen LogP contribution in [0.2, 0.25) is 0 Å². The molecule has 1 atom stereocenters. The number of ether oxygens (including phenoxy) is 2. The fourth-order valence-electron chi connectivity index (χ4n) is 1.40. The normalized spacial score (nSPS) is 11.7. The summed E-state index contributed by atoms with van der Waals surface area (Å²) in [6.45, 7) is 5.46. The van der Waals surface area contributed by atoms with Gasteiger partial charge < -0.3 is 20.1 Å². The molecule has 0 aliphatic heterocycles. The molecule has 0 aliphatic rings. The van der Waals surface area contributed by atoms with Crippen molar-refractivity contribution in [2.75, 3.05) is 25.6 Å². The molecule has 106 valence electrons. The summed E-state index contributed by atoms with van der Waals surface area (Å²) >= 11 is 5.18. The zero-order valence-corrected chi connectivity index (χ0v) is 12.5. The van der Waals surface area contributed by atoms with Crippen LogP contribution >= 0.6 is 12.2 Å². The van der Waals surface area contributed by atoms with E-state index in [9.17, 15) is 0 Å². The predicted octanol–water partition coefficient (Wildman–Crippen LogP) is 2.80. The third-order valence-electron chi connectivity index (χ3n) is 2.60. The van der Waals surface area contributed by atoms with Gasteiger partial charge in [0, 0.05) is 25.4 Å². The Bertz CT molecular complexity index is 399. The zero-order valence-electron chi connectivity index (χ0n) is 11.7. The number of benzene rings is 1. The van der Waals surface area contributed by atoms with E-state index in [0.29, 0.717) is 18.3 Å². The van der Waals surface area contributed by atoms with Gasteiger partial charge in [0.25, 0.3) is 0 Å². The van der Waals surface area contributed by atoms with Crippen molar-refractivity contribution in [2.24, 2.45) is 0 Å². The quantitative estimate of drug-likeness (QED) is 0.594. The molecule has 1 rings (SSSR count). The molecule has 5 heteroatoms. The summed E-state index contributed by atoms with van der Waals surface area (Å²) in [4.78, 5) is 0. The number of rotatable bonds is 7. The summed E-state index contributed by atoms with van der Waals surface area (Å²) in [5.74, 6) is 0.846. The lowest BCUT2D eigenvalue weighted by Crippen LogP contribution is -2.31. The molecule has 0 amide bonds. The fourth-order valence-corrected chi connectivity index (χ4v) is 1.62. The number of hydrogen-bond donors (Lipinski definition) is 2. The highest BCUT2D eigenvalue weighted by molar-refractivity contribution is 7.80. The topological polar surface area (TPSA) is 42.5 Å². The van der Waals surface area contributed by atoms with E-state index in [-0.39, 0.29) is 6.10 Å². The smallest absolute Gasteiger partial charge is 0.170 e. The second kappa shape index (κ2) is 8.72.